The van der Waals surface area contributed by atoms with Crippen molar-refractivity contribution in [2.75, 3.05) is 13.7 Å². The van der Waals surface area contributed by atoms with E-state index in [0.29, 0.717) is 29.2 Å². The summed E-state index contributed by atoms with van der Waals surface area (Å²) in [6.07, 6.45) is -0.189. The molecule has 0 fully saturated rings. The van der Waals surface area contributed by atoms with Crippen molar-refractivity contribution in [1.29, 1.82) is 0 Å². The first kappa shape index (κ1) is 15.4. The quantitative estimate of drug-likeness (QED) is 0.857. The first-order valence-corrected chi connectivity index (χ1v) is 6.89. The van der Waals surface area contributed by atoms with Gasteiger partial charge in [-0.25, -0.2) is 0 Å². The fourth-order valence-electron chi connectivity index (χ4n) is 2.25. The smallest absolute Gasteiger partial charge is 0.136 e. The Morgan fingerprint density at radius 3 is 2.33 bits per heavy atom. The highest BCUT2D eigenvalue weighted by Gasteiger charge is 2.16. The Kier molecular flexibility index (Phi) is 5.20. The molecule has 0 radical (unpaired) electrons. The van der Waals surface area contributed by atoms with Crippen molar-refractivity contribution < 1.29 is 19.7 Å². The van der Waals surface area contributed by atoms with Gasteiger partial charge in [-0.15, -0.1) is 0 Å². The fourth-order valence-corrected chi connectivity index (χ4v) is 2.25. The van der Waals surface area contributed by atoms with Crippen LogP contribution in [0.1, 0.15) is 24.2 Å². The lowest BCUT2D eigenvalue weighted by Crippen LogP contribution is -2.01. The third kappa shape index (κ3) is 3.54. The standard InChI is InChI=1S/C17H20O4/c1-12(19)17-15(20-2)8-5-9-16(17)21-14-7-4-3-6-13(14)10-11-18/h3-9,12,18-19H,10-11H2,1-2H3/t12-/m0/s1. The maximum atomic E-state index is 9.97. The number of aliphatic hydroxyl groups excluding tert-OH is 2. The van der Waals surface area contributed by atoms with E-state index in [1.165, 1.54) is 0 Å². The van der Waals surface area contributed by atoms with Crippen LogP contribution in [-0.2, 0) is 6.42 Å². The van der Waals surface area contributed by atoms with Gasteiger partial charge in [0.25, 0.3) is 0 Å². The van der Waals surface area contributed by atoms with Gasteiger partial charge in [0.2, 0.25) is 0 Å². The Labute approximate surface area is 124 Å². The van der Waals surface area contributed by atoms with Crippen molar-refractivity contribution in [1.82, 2.24) is 0 Å². The Bertz CT molecular complexity index is 593. The third-order valence-electron chi connectivity index (χ3n) is 3.24. The third-order valence-corrected chi connectivity index (χ3v) is 3.24. The topological polar surface area (TPSA) is 58.9 Å². The van der Waals surface area contributed by atoms with Gasteiger partial charge in [-0.3, -0.25) is 0 Å². The summed E-state index contributed by atoms with van der Waals surface area (Å²) in [7, 11) is 1.56. The molecule has 0 amide bonds. The minimum atomic E-state index is -0.707. The molecule has 1 atom stereocenters. The Morgan fingerprint density at radius 1 is 1.00 bits per heavy atom. The second-order valence-electron chi connectivity index (χ2n) is 4.73. The summed E-state index contributed by atoms with van der Waals surface area (Å²) in [6.45, 7) is 1.73. The number of hydrogen-bond acceptors (Lipinski definition) is 4. The van der Waals surface area contributed by atoms with Crippen molar-refractivity contribution in [3.05, 3.63) is 53.6 Å². The minimum Gasteiger partial charge on any atom is -0.496 e. The van der Waals surface area contributed by atoms with E-state index in [1.807, 2.05) is 30.3 Å². The van der Waals surface area contributed by atoms with E-state index in [1.54, 1.807) is 26.2 Å². The minimum absolute atomic E-state index is 0.0573. The van der Waals surface area contributed by atoms with E-state index >= 15 is 0 Å². The molecule has 4 nitrogen and oxygen atoms in total. The predicted octanol–water partition coefficient (Wildman–Crippen LogP) is 3.08. The maximum absolute atomic E-state index is 9.97. The molecule has 2 rings (SSSR count). The number of rotatable bonds is 6. The van der Waals surface area contributed by atoms with Gasteiger partial charge in [0.15, 0.2) is 0 Å². The highest BCUT2D eigenvalue weighted by molar-refractivity contribution is 5.49. The van der Waals surface area contributed by atoms with E-state index in [4.69, 9.17) is 14.6 Å². The number of methoxy groups -OCH3 is 1. The number of para-hydroxylation sites is 1. The van der Waals surface area contributed by atoms with Gasteiger partial charge in [-0.1, -0.05) is 24.3 Å². The fraction of sp³-hybridized carbons (Fsp3) is 0.294. The van der Waals surface area contributed by atoms with Crippen LogP contribution in [0.15, 0.2) is 42.5 Å². The van der Waals surface area contributed by atoms with Crippen molar-refractivity contribution in [3.8, 4) is 17.2 Å². The Balaban J connectivity index is 2.40. The maximum Gasteiger partial charge on any atom is 0.136 e. The number of hydrogen-bond donors (Lipinski definition) is 2. The van der Waals surface area contributed by atoms with Gasteiger partial charge < -0.3 is 19.7 Å². The van der Waals surface area contributed by atoms with Crippen molar-refractivity contribution in [2.24, 2.45) is 0 Å². The SMILES string of the molecule is COc1cccc(Oc2ccccc2CCO)c1[C@H](C)O. The zero-order valence-corrected chi connectivity index (χ0v) is 12.2. The monoisotopic (exact) mass is 288 g/mol. The van der Waals surface area contributed by atoms with Crippen LogP contribution < -0.4 is 9.47 Å². The number of ether oxygens (including phenoxy) is 2. The molecule has 0 saturated carbocycles. The molecule has 0 aliphatic carbocycles. The van der Waals surface area contributed by atoms with Crippen LogP contribution in [0.25, 0.3) is 0 Å². The summed E-state index contributed by atoms with van der Waals surface area (Å²) < 4.78 is 11.2. The van der Waals surface area contributed by atoms with Crippen LogP contribution in [0, 0.1) is 0 Å². The predicted molar refractivity (Wildman–Crippen MR) is 80.9 cm³/mol. The molecule has 112 valence electrons. The van der Waals surface area contributed by atoms with E-state index < -0.39 is 6.10 Å². The van der Waals surface area contributed by atoms with Crippen LogP contribution in [0.4, 0.5) is 0 Å². The summed E-state index contributed by atoms with van der Waals surface area (Å²) in [6, 6.07) is 12.9. The molecule has 0 aliphatic rings. The van der Waals surface area contributed by atoms with Gasteiger partial charge in [0.1, 0.15) is 17.2 Å². The van der Waals surface area contributed by atoms with Gasteiger partial charge in [-0.05, 0) is 37.1 Å². The van der Waals surface area contributed by atoms with Crippen molar-refractivity contribution >= 4 is 0 Å². The molecule has 0 saturated heterocycles. The first-order chi connectivity index (χ1) is 10.2. The van der Waals surface area contributed by atoms with Gasteiger partial charge >= 0.3 is 0 Å². The number of benzene rings is 2. The molecule has 0 spiro atoms. The summed E-state index contributed by atoms with van der Waals surface area (Å²) in [5.74, 6) is 1.80. The van der Waals surface area contributed by atoms with Gasteiger partial charge in [0, 0.05) is 6.61 Å². The molecule has 0 aromatic heterocycles. The average Bonchev–Trinajstić information content (AvgIpc) is 2.49. The van der Waals surface area contributed by atoms with E-state index in [0.717, 1.165) is 5.56 Å². The molecule has 21 heavy (non-hydrogen) atoms. The van der Waals surface area contributed by atoms with E-state index in [9.17, 15) is 5.11 Å². The highest BCUT2D eigenvalue weighted by Crippen LogP contribution is 2.37. The van der Waals surface area contributed by atoms with Crippen LogP contribution in [0.2, 0.25) is 0 Å². The van der Waals surface area contributed by atoms with Gasteiger partial charge in [-0.2, -0.15) is 0 Å². The summed E-state index contributed by atoms with van der Waals surface area (Å²) in [4.78, 5) is 0. The molecule has 0 heterocycles. The highest BCUT2D eigenvalue weighted by atomic mass is 16.5. The first-order valence-electron chi connectivity index (χ1n) is 6.89. The Hall–Kier alpha value is -2.04. The second kappa shape index (κ2) is 7.11. The van der Waals surface area contributed by atoms with Crippen LogP contribution >= 0.6 is 0 Å². The summed E-state index contributed by atoms with van der Waals surface area (Å²) >= 11 is 0. The normalized spacial score (nSPS) is 12.0. The Morgan fingerprint density at radius 2 is 1.67 bits per heavy atom. The van der Waals surface area contributed by atoms with Crippen LogP contribution in [0.3, 0.4) is 0 Å². The average molecular weight is 288 g/mol. The summed E-state index contributed by atoms with van der Waals surface area (Å²) in [5, 5.41) is 19.1. The molecule has 0 aliphatic heterocycles. The molecule has 4 heteroatoms. The van der Waals surface area contributed by atoms with Crippen LogP contribution in [-0.4, -0.2) is 23.9 Å². The second-order valence-corrected chi connectivity index (χ2v) is 4.73. The van der Waals surface area contributed by atoms with Crippen molar-refractivity contribution in [2.45, 2.75) is 19.4 Å². The lowest BCUT2D eigenvalue weighted by molar-refractivity contribution is 0.190. The van der Waals surface area contributed by atoms with Crippen LogP contribution in [0.5, 0.6) is 17.2 Å². The molecule has 2 N–H and O–H groups in total. The zero-order chi connectivity index (χ0) is 15.2. The van der Waals surface area contributed by atoms with Crippen molar-refractivity contribution in [3.63, 3.8) is 0 Å². The summed E-state index contributed by atoms with van der Waals surface area (Å²) in [5.41, 5.74) is 1.53. The zero-order valence-electron chi connectivity index (χ0n) is 12.2. The van der Waals surface area contributed by atoms with E-state index in [2.05, 4.69) is 0 Å². The molecule has 2 aromatic carbocycles. The number of aliphatic hydroxyl groups is 2. The van der Waals surface area contributed by atoms with Gasteiger partial charge in [0.05, 0.1) is 18.8 Å². The molecule has 2 aromatic rings. The molecular formula is C17H20O4. The largest absolute Gasteiger partial charge is 0.496 e. The van der Waals surface area contributed by atoms with E-state index in [-0.39, 0.29) is 6.61 Å². The molecule has 0 bridgehead atoms. The lowest BCUT2D eigenvalue weighted by atomic mass is 10.1. The molecule has 0 unspecified atom stereocenters. The lowest BCUT2D eigenvalue weighted by Gasteiger charge is -2.17. The molecular weight excluding hydrogens is 268 g/mol.